The highest BCUT2D eigenvalue weighted by Crippen LogP contribution is 2.49. The number of sulfone groups is 1. The molecule has 0 spiro atoms. The van der Waals surface area contributed by atoms with Crippen molar-refractivity contribution >= 4 is 85.0 Å². The number of carbonyl (C=O) groups is 1. The van der Waals surface area contributed by atoms with Gasteiger partial charge in [0.15, 0.2) is 37.9 Å². The molecule has 0 atom stereocenters. The number of aromatic nitrogens is 13. The highest BCUT2D eigenvalue weighted by atomic mass is 32.2. The number of hydrogen-bond acceptors (Lipinski definition) is 25. The molecule has 14 heterocycles. The largest absolute Gasteiger partial charge is 0.496 e. The summed E-state index contributed by atoms with van der Waals surface area (Å²) in [5, 5.41) is 28.4. The molecule has 14 aromatic rings. The van der Waals surface area contributed by atoms with Crippen molar-refractivity contribution in [2.45, 2.75) is 167 Å². The van der Waals surface area contributed by atoms with E-state index < -0.39 is 35.8 Å². The van der Waals surface area contributed by atoms with Gasteiger partial charge in [0.05, 0.1) is 94.8 Å². The van der Waals surface area contributed by atoms with Crippen molar-refractivity contribution in [3.63, 3.8) is 0 Å². The van der Waals surface area contributed by atoms with E-state index in [-0.39, 0.29) is 9.92 Å². The normalized spacial score (nSPS) is 17.9. The Labute approximate surface area is 781 Å². The van der Waals surface area contributed by atoms with Gasteiger partial charge in [-0.05, 0) is 228 Å². The van der Waals surface area contributed by atoms with Gasteiger partial charge in [0.2, 0.25) is 20.0 Å². The van der Waals surface area contributed by atoms with Gasteiger partial charge in [-0.25, -0.2) is 35.4 Å². The second-order valence-corrected chi connectivity index (χ2v) is 41.5. The number of primary sulfonamides is 1. The predicted octanol–water partition coefficient (Wildman–Crippen LogP) is 17.7. The molecule has 23 rings (SSSR count). The van der Waals surface area contributed by atoms with Gasteiger partial charge < -0.3 is 48.4 Å². The zero-order valence-electron chi connectivity index (χ0n) is 75.3. The van der Waals surface area contributed by atoms with Crippen LogP contribution in [0.1, 0.15) is 196 Å². The van der Waals surface area contributed by atoms with Crippen molar-refractivity contribution in [1.29, 1.82) is 0 Å². The number of carbonyl (C=O) groups excluding carboxylic acids is 1. The number of amides is 1. The molecule has 5 aliphatic heterocycles. The highest BCUT2D eigenvalue weighted by Gasteiger charge is 2.36. The van der Waals surface area contributed by atoms with Gasteiger partial charge in [0.1, 0.15) is 51.5 Å². The first-order chi connectivity index (χ1) is 65.5. The van der Waals surface area contributed by atoms with E-state index in [1.165, 1.54) is 48.7 Å². The monoisotopic (exact) mass is 1880 g/mol. The molecule has 9 aromatic heterocycles. The molecule has 1 amide bonds. The van der Waals surface area contributed by atoms with Crippen molar-refractivity contribution in [2.75, 3.05) is 85.6 Å². The molecule has 4 aliphatic carbocycles. The number of sulfonamides is 2. The fourth-order valence-corrected chi connectivity index (χ4v) is 19.9. The van der Waals surface area contributed by atoms with Crippen LogP contribution < -0.4 is 34.6 Å². The predicted molar refractivity (Wildman–Crippen MR) is 508 cm³/mol. The van der Waals surface area contributed by atoms with E-state index in [9.17, 15) is 30.0 Å². The molecule has 135 heavy (non-hydrogen) atoms. The van der Waals surface area contributed by atoms with Gasteiger partial charge in [-0.15, -0.1) is 0 Å². The summed E-state index contributed by atoms with van der Waals surface area (Å²) in [7, 11) is -8.73. The average molecular weight is 1880 g/mol. The minimum atomic E-state index is -3.73. The summed E-state index contributed by atoms with van der Waals surface area (Å²) in [4.78, 5) is 34.2. The lowest BCUT2D eigenvalue weighted by Crippen LogP contribution is -2.33. The van der Waals surface area contributed by atoms with Crippen LogP contribution in [0.2, 0.25) is 0 Å². The summed E-state index contributed by atoms with van der Waals surface area (Å²) in [5.41, 5.74) is 18.7. The first kappa shape index (κ1) is 90.4. The third-order valence-corrected chi connectivity index (χ3v) is 29.5. The Balaban J connectivity index is 0.000000112. The van der Waals surface area contributed by atoms with Crippen LogP contribution in [0.4, 0.5) is 0 Å². The van der Waals surface area contributed by atoms with E-state index in [0.29, 0.717) is 95.3 Å². The molecule has 4 N–H and O–H groups in total. The third-order valence-electron chi connectivity index (χ3n) is 26.3. The number of primary amides is 1. The van der Waals surface area contributed by atoms with Gasteiger partial charge >= 0.3 is 0 Å². The first-order valence-electron chi connectivity index (χ1n) is 46.3. The molecular weight excluding hydrogens is 1780 g/mol. The number of nitrogens with two attached hydrogens (primary N) is 2. The zero-order valence-corrected chi connectivity index (χ0v) is 77.7. The fraction of sp³-hybridized carbons (Fsp3) is 0.380. The second kappa shape index (κ2) is 38.7. The van der Waals surface area contributed by atoms with Crippen LogP contribution in [-0.4, -0.2) is 185 Å². The first-order valence-corrected chi connectivity index (χ1v) is 51.5. The number of rotatable bonds is 24. The molecular formula is C100H106N16O16S3. The van der Waals surface area contributed by atoms with Crippen LogP contribution in [0.3, 0.4) is 0 Å². The Hall–Kier alpha value is -12.5. The summed E-state index contributed by atoms with van der Waals surface area (Å²) >= 11 is 0. The van der Waals surface area contributed by atoms with E-state index in [1.54, 1.807) is 67.4 Å². The second-order valence-electron chi connectivity index (χ2n) is 36.0. The van der Waals surface area contributed by atoms with Crippen molar-refractivity contribution in [3.05, 3.63) is 223 Å². The quantitative estimate of drug-likeness (QED) is 0.0567. The minimum absolute atomic E-state index is 0.0583. The Morgan fingerprint density at radius 2 is 0.733 bits per heavy atom. The number of ether oxygens (including phenoxy) is 9. The number of benzene rings is 5. The maximum atomic E-state index is 11.9. The average Bonchev–Trinajstić information content (AvgIpc) is 1.70. The summed E-state index contributed by atoms with van der Waals surface area (Å²) in [6.07, 6.45) is 38.6. The topological polar surface area (TPSA) is 394 Å². The fourth-order valence-electron chi connectivity index (χ4n) is 18.1. The van der Waals surface area contributed by atoms with Gasteiger partial charge in [-0.2, -0.15) is 24.7 Å². The summed E-state index contributed by atoms with van der Waals surface area (Å²) in [6.45, 7) is 6.91. The van der Waals surface area contributed by atoms with E-state index in [2.05, 4.69) is 63.4 Å². The lowest BCUT2D eigenvalue weighted by atomic mass is 9.96. The lowest BCUT2D eigenvalue weighted by molar-refractivity contribution is 0.0838. The molecule has 0 unspecified atom stereocenters. The van der Waals surface area contributed by atoms with E-state index in [4.69, 9.17) is 73.9 Å². The third kappa shape index (κ3) is 20.9. The number of methoxy groups -OCH3 is 1. The molecule has 0 bridgehead atoms. The summed E-state index contributed by atoms with van der Waals surface area (Å²) < 4.78 is 133. The van der Waals surface area contributed by atoms with Crippen LogP contribution in [-0.2, 0) is 48.8 Å². The molecule has 5 aromatic carbocycles. The number of nitrogens with zero attached hydrogens (tertiary/aromatic N) is 14. The maximum absolute atomic E-state index is 11.9. The molecule has 8 fully saturated rings. The van der Waals surface area contributed by atoms with Gasteiger partial charge in [-0.3, -0.25) is 43.5 Å². The lowest BCUT2D eigenvalue weighted by Gasteiger charge is -2.24. The molecule has 35 heteroatoms. The van der Waals surface area contributed by atoms with Crippen molar-refractivity contribution < 1.29 is 72.7 Å². The van der Waals surface area contributed by atoms with Crippen LogP contribution in [0.15, 0.2) is 199 Å². The van der Waals surface area contributed by atoms with Gasteiger partial charge in [0.25, 0.3) is 5.91 Å². The number of fused-ring (bicyclic) bond motifs is 4. The van der Waals surface area contributed by atoms with Gasteiger partial charge in [-0.1, -0.05) is 36.4 Å². The smallest absolute Gasteiger partial charge is 0.252 e. The van der Waals surface area contributed by atoms with Crippen LogP contribution in [0.25, 0.3) is 71.4 Å². The van der Waals surface area contributed by atoms with Crippen LogP contribution in [0, 0.1) is 0 Å². The molecule has 4 saturated heterocycles. The van der Waals surface area contributed by atoms with E-state index in [0.717, 1.165) is 278 Å². The van der Waals surface area contributed by atoms with Gasteiger partial charge in [0, 0.05) is 160 Å². The molecule has 4 saturated carbocycles. The molecule has 0 radical (unpaired) electrons. The van der Waals surface area contributed by atoms with Crippen LogP contribution in [0.5, 0.6) is 51.7 Å². The van der Waals surface area contributed by atoms with E-state index in [1.807, 2.05) is 83.9 Å². The number of hydrogen-bond donors (Lipinski definition) is 2. The minimum Gasteiger partial charge on any atom is -0.496 e. The SMILES string of the molecule is COc1cc2nccc(Oc3cn(C4CC4)nc3C3CCOCC3)c2cc1C(N)=O.CS(=O)(=O)N1CC=C(c2ccc3c(Oc4cn(C5CC5)nc4C4CCOCC4)ccnc3c2)CC1.CS(=O)(=O)c1ccc(-c2ccc3c(Oc4cn(C5CC5)nc4C4CCOCC4)ccnc3c2)cn1.NS(=O)(=O)c1ccc(-c2ccc3c(Oc4cn(C5CC5)nc4C4CCOCC4)ccnc3c2)cc1. The molecule has 32 nitrogen and oxygen atoms in total. The van der Waals surface area contributed by atoms with Crippen molar-refractivity contribution in [2.24, 2.45) is 10.9 Å². The highest BCUT2D eigenvalue weighted by molar-refractivity contribution is 7.90. The number of pyridine rings is 5. The Morgan fingerprint density at radius 1 is 0.385 bits per heavy atom. The zero-order chi connectivity index (χ0) is 92.6. The Kier molecular flexibility index (Phi) is 25.9. The Morgan fingerprint density at radius 3 is 1.06 bits per heavy atom. The van der Waals surface area contributed by atoms with Crippen molar-refractivity contribution in [1.82, 2.24) is 68.3 Å². The maximum Gasteiger partial charge on any atom is 0.252 e. The summed E-state index contributed by atoms with van der Waals surface area (Å²) in [5.74, 6) is 7.18. The summed E-state index contributed by atoms with van der Waals surface area (Å²) in [6, 6.07) is 40.6. The van der Waals surface area contributed by atoms with E-state index >= 15 is 0 Å². The Bertz CT molecular complexity index is 6920. The van der Waals surface area contributed by atoms with Crippen LogP contribution >= 0.6 is 0 Å². The molecule has 9 aliphatic rings. The standard InChI is InChI=1S/2C26H26N4O4S.C26H30N4O4S.C22H24N4O4/c1-35(31,32)25-7-3-19(15-28-25)18-2-6-21-22(14-18)27-11-8-23(21)34-24-16-30(20-4-5-20)29-26(24)17-9-12-33-13-10-17;27-35(31,32)21-6-1-17(2-7-21)19-3-8-22-23(15-19)28-12-9-24(22)34-25-16-30(20-4-5-20)29-26(25)18-10-13-33-14-11-18;1-35(31,32)29-12-7-18(8-13-29)20-2-5-22-23(16-20)27-11-6-24(22)34-25-17-30(21-3-4-21)28-26(25)19-9-14-33-15-10-19;1-28-19-11-17-15(10-16(19)22(23)27)18(4-7-24-17)30-20-12-26(14-2-3-14)25-21(20)13-5-8-29-9-6-13/h2-3,6-8,11,14-17,20H,4-5,9-10,12-13H2,1H3;1-3,6-9,12,15-16,18,20H,4-5,10-11,13-14H2,(H2,27,31,32);2,5-7,11,16-17,19,21H,3-4,8-10,12-15H2,1H3;4,7,10-14H,2-3,5-6,8-9H2,1H3,(H2,23,27). The van der Waals surface area contributed by atoms with Crippen molar-refractivity contribution in [3.8, 4) is 74.0 Å². The molecule has 700 valence electrons.